The molecule has 1 fully saturated rings. The third-order valence-electron chi connectivity index (χ3n) is 4.30. The number of piperazine rings is 1. The molecule has 0 spiro atoms. The summed E-state index contributed by atoms with van der Waals surface area (Å²) in [5, 5.41) is 4.27. The van der Waals surface area contributed by atoms with Gasteiger partial charge in [0, 0.05) is 38.9 Å². The summed E-state index contributed by atoms with van der Waals surface area (Å²) in [6, 6.07) is 8.25. The number of hydrogen-bond donors (Lipinski definition) is 0. The molecule has 2 aromatic rings. The first kappa shape index (κ1) is 17.3. The van der Waals surface area contributed by atoms with Gasteiger partial charge in [-0.3, -0.25) is 4.68 Å². The van der Waals surface area contributed by atoms with Crippen LogP contribution in [0, 0.1) is 13.8 Å². The minimum atomic E-state index is -3.62. The Balaban J connectivity index is 1.79. The van der Waals surface area contributed by atoms with Crippen LogP contribution in [0.25, 0.3) is 0 Å². The highest BCUT2D eigenvalue weighted by Gasteiger charge is 2.33. The number of halogens is 1. The summed E-state index contributed by atoms with van der Waals surface area (Å²) >= 11 is 6.14. The Morgan fingerprint density at radius 1 is 1.12 bits per heavy atom. The van der Waals surface area contributed by atoms with Crippen LogP contribution in [0.15, 0.2) is 29.2 Å². The van der Waals surface area contributed by atoms with Gasteiger partial charge in [-0.2, -0.15) is 9.40 Å². The topological polar surface area (TPSA) is 58.4 Å². The van der Waals surface area contributed by atoms with Crippen LogP contribution in [0.3, 0.4) is 0 Å². The zero-order valence-electron chi connectivity index (χ0n) is 14.0. The molecule has 8 heteroatoms. The summed E-state index contributed by atoms with van der Waals surface area (Å²) in [6.07, 6.45) is 0. The van der Waals surface area contributed by atoms with Gasteiger partial charge in [0.1, 0.15) is 10.0 Å². The average molecular weight is 369 g/mol. The molecule has 1 aliphatic heterocycles. The van der Waals surface area contributed by atoms with Crippen LogP contribution in [-0.2, 0) is 17.1 Å². The summed E-state index contributed by atoms with van der Waals surface area (Å²) in [5.74, 6) is 0. The van der Waals surface area contributed by atoms with E-state index in [2.05, 4.69) is 35.1 Å². The molecule has 3 rings (SSSR count). The molecular formula is C16H21ClN4O2S. The molecule has 1 aromatic carbocycles. The van der Waals surface area contributed by atoms with Crippen molar-refractivity contribution in [2.24, 2.45) is 7.05 Å². The molecule has 0 radical (unpaired) electrons. The summed E-state index contributed by atoms with van der Waals surface area (Å²) in [6.45, 7) is 5.89. The summed E-state index contributed by atoms with van der Waals surface area (Å²) in [4.78, 5) is 2.33. The number of anilines is 1. The number of hydrogen-bond acceptors (Lipinski definition) is 4. The second kappa shape index (κ2) is 6.38. The standard InChI is InChI=1S/C16H21ClN4O2S/c1-12-5-4-6-14(11-12)20-7-9-21(10-8-20)24(22,23)15-13(2)18-19(3)16(15)17/h4-6,11H,7-10H2,1-3H3. The summed E-state index contributed by atoms with van der Waals surface area (Å²) < 4.78 is 28.7. The Morgan fingerprint density at radius 3 is 2.33 bits per heavy atom. The number of nitrogens with zero attached hydrogens (tertiary/aromatic N) is 4. The van der Waals surface area contributed by atoms with E-state index in [4.69, 9.17) is 11.6 Å². The van der Waals surface area contributed by atoms with Gasteiger partial charge in [0.15, 0.2) is 0 Å². The molecule has 0 aliphatic carbocycles. The maximum absolute atomic E-state index is 12.9. The first-order valence-corrected chi connectivity index (χ1v) is 9.63. The average Bonchev–Trinajstić information content (AvgIpc) is 2.80. The van der Waals surface area contributed by atoms with Gasteiger partial charge >= 0.3 is 0 Å². The monoisotopic (exact) mass is 368 g/mol. The third-order valence-corrected chi connectivity index (χ3v) is 6.90. The van der Waals surface area contributed by atoms with Gasteiger partial charge in [0.05, 0.1) is 5.69 Å². The zero-order chi connectivity index (χ0) is 17.5. The largest absolute Gasteiger partial charge is 0.369 e. The molecule has 6 nitrogen and oxygen atoms in total. The molecule has 0 N–H and O–H groups in total. The van der Waals surface area contributed by atoms with Crippen LogP contribution in [0.5, 0.6) is 0 Å². The highest BCUT2D eigenvalue weighted by Crippen LogP contribution is 2.28. The van der Waals surface area contributed by atoms with Gasteiger partial charge < -0.3 is 4.90 Å². The molecule has 0 amide bonds. The van der Waals surface area contributed by atoms with E-state index in [-0.39, 0.29) is 10.0 Å². The second-order valence-corrected chi connectivity index (χ2v) is 8.29. The van der Waals surface area contributed by atoms with Gasteiger partial charge in [-0.1, -0.05) is 23.7 Å². The number of sulfonamides is 1. The highest BCUT2D eigenvalue weighted by atomic mass is 35.5. The van der Waals surface area contributed by atoms with Crippen molar-refractivity contribution in [2.75, 3.05) is 31.1 Å². The number of benzene rings is 1. The molecule has 1 aliphatic rings. The highest BCUT2D eigenvalue weighted by molar-refractivity contribution is 7.89. The fourth-order valence-electron chi connectivity index (χ4n) is 3.04. The fourth-order valence-corrected chi connectivity index (χ4v) is 5.17. The maximum atomic E-state index is 12.9. The molecule has 0 bridgehead atoms. The van der Waals surface area contributed by atoms with Crippen molar-refractivity contribution in [3.8, 4) is 0 Å². The third kappa shape index (κ3) is 3.03. The molecular weight excluding hydrogens is 348 g/mol. The Hall–Kier alpha value is -1.57. The van der Waals surface area contributed by atoms with Gasteiger partial charge in [0.25, 0.3) is 0 Å². The van der Waals surface area contributed by atoms with E-state index in [0.717, 1.165) is 5.69 Å². The Kier molecular flexibility index (Phi) is 4.59. The molecule has 2 heterocycles. The maximum Gasteiger partial charge on any atom is 0.248 e. The van der Waals surface area contributed by atoms with Crippen molar-refractivity contribution < 1.29 is 8.42 Å². The smallest absolute Gasteiger partial charge is 0.248 e. The number of aromatic nitrogens is 2. The van der Waals surface area contributed by atoms with E-state index in [1.807, 2.05) is 6.07 Å². The van der Waals surface area contributed by atoms with Gasteiger partial charge in [-0.05, 0) is 31.5 Å². The lowest BCUT2D eigenvalue weighted by molar-refractivity contribution is 0.384. The van der Waals surface area contributed by atoms with Crippen LogP contribution in [0.1, 0.15) is 11.3 Å². The molecule has 24 heavy (non-hydrogen) atoms. The van der Waals surface area contributed by atoms with Crippen molar-refractivity contribution in [2.45, 2.75) is 18.7 Å². The predicted octanol–water partition coefficient (Wildman–Crippen LogP) is 2.20. The number of rotatable bonds is 3. The first-order valence-electron chi connectivity index (χ1n) is 7.81. The molecule has 0 saturated carbocycles. The van der Waals surface area contributed by atoms with E-state index in [9.17, 15) is 8.42 Å². The minimum Gasteiger partial charge on any atom is -0.369 e. The Labute approximate surface area is 147 Å². The van der Waals surface area contributed by atoms with E-state index in [0.29, 0.717) is 31.9 Å². The van der Waals surface area contributed by atoms with Gasteiger partial charge in [-0.25, -0.2) is 8.42 Å². The zero-order valence-corrected chi connectivity index (χ0v) is 15.6. The van der Waals surface area contributed by atoms with Crippen LogP contribution in [0.2, 0.25) is 5.15 Å². The SMILES string of the molecule is Cc1cccc(N2CCN(S(=O)(=O)c3c(C)nn(C)c3Cl)CC2)c1. The summed E-state index contributed by atoms with van der Waals surface area (Å²) in [5.41, 5.74) is 2.76. The van der Waals surface area contributed by atoms with Crippen molar-refractivity contribution in [1.82, 2.24) is 14.1 Å². The van der Waals surface area contributed by atoms with Crippen LogP contribution >= 0.6 is 11.6 Å². The summed E-state index contributed by atoms with van der Waals surface area (Å²) in [7, 11) is -1.98. The Bertz CT molecular complexity index is 855. The van der Waals surface area contributed by atoms with Gasteiger partial charge in [-0.15, -0.1) is 0 Å². The van der Waals surface area contributed by atoms with Crippen molar-refractivity contribution in [3.63, 3.8) is 0 Å². The van der Waals surface area contributed by atoms with E-state index in [1.54, 1.807) is 14.0 Å². The first-order chi connectivity index (χ1) is 11.3. The van der Waals surface area contributed by atoms with Crippen molar-refractivity contribution in [1.29, 1.82) is 0 Å². The second-order valence-electron chi connectivity index (χ2n) is 6.06. The lowest BCUT2D eigenvalue weighted by Crippen LogP contribution is -2.48. The van der Waals surface area contributed by atoms with E-state index in [1.165, 1.54) is 14.6 Å². The van der Waals surface area contributed by atoms with Crippen LogP contribution in [0.4, 0.5) is 5.69 Å². The molecule has 1 aromatic heterocycles. The number of aryl methyl sites for hydroxylation is 3. The lowest BCUT2D eigenvalue weighted by Gasteiger charge is -2.35. The van der Waals surface area contributed by atoms with E-state index >= 15 is 0 Å². The molecule has 0 atom stereocenters. The van der Waals surface area contributed by atoms with Crippen LogP contribution < -0.4 is 4.90 Å². The van der Waals surface area contributed by atoms with Gasteiger partial charge in [0.2, 0.25) is 10.0 Å². The Morgan fingerprint density at radius 2 is 1.79 bits per heavy atom. The lowest BCUT2D eigenvalue weighted by atomic mass is 10.2. The normalized spacial score (nSPS) is 16.6. The quantitative estimate of drug-likeness (QED) is 0.833. The van der Waals surface area contributed by atoms with E-state index < -0.39 is 10.0 Å². The molecule has 130 valence electrons. The van der Waals surface area contributed by atoms with Crippen molar-refractivity contribution in [3.05, 3.63) is 40.7 Å². The molecule has 1 saturated heterocycles. The fraction of sp³-hybridized carbons (Fsp3) is 0.438. The minimum absolute atomic E-state index is 0.121. The molecule has 0 unspecified atom stereocenters. The van der Waals surface area contributed by atoms with Crippen molar-refractivity contribution >= 4 is 27.3 Å². The van der Waals surface area contributed by atoms with Crippen LogP contribution in [-0.4, -0.2) is 48.7 Å². The predicted molar refractivity (Wildman–Crippen MR) is 95.1 cm³/mol.